The highest BCUT2D eigenvalue weighted by Crippen LogP contribution is 2.28. The number of rotatable bonds is 2. The molecule has 5 nitrogen and oxygen atoms in total. The van der Waals surface area contributed by atoms with Gasteiger partial charge >= 0.3 is 5.97 Å². The number of ether oxygens (including phenoxy) is 1. The van der Waals surface area contributed by atoms with E-state index >= 15 is 0 Å². The SMILES string of the molecule is COC(=O)[C@@H]1CC(=O)N(c2ccc(C)c(N)c2)C1. The fourth-order valence-corrected chi connectivity index (χ4v) is 2.08. The van der Waals surface area contributed by atoms with Crippen LogP contribution in [0.15, 0.2) is 18.2 Å². The molecule has 0 radical (unpaired) electrons. The number of hydrogen-bond acceptors (Lipinski definition) is 4. The van der Waals surface area contributed by atoms with Gasteiger partial charge in [-0.25, -0.2) is 0 Å². The Morgan fingerprint density at radius 2 is 2.22 bits per heavy atom. The molecule has 1 heterocycles. The molecule has 0 spiro atoms. The molecule has 0 saturated carbocycles. The Balaban J connectivity index is 2.21. The van der Waals surface area contributed by atoms with E-state index in [0.717, 1.165) is 11.3 Å². The highest BCUT2D eigenvalue weighted by atomic mass is 16.5. The predicted octanol–water partition coefficient (Wildman–Crippen LogP) is 1.10. The molecule has 0 unspecified atom stereocenters. The summed E-state index contributed by atoms with van der Waals surface area (Å²) in [5.41, 5.74) is 8.16. The van der Waals surface area contributed by atoms with Crippen molar-refractivity contribution in [1.82, 2.24) is 0 Å². The van der Waals surface area contributed by atoms with Crippen molar-refractivity contribution in [3.05, 3.63) is 23.8 Å². The van der Waals surface area contributed by atoms with Crippen molar-refractivity contribution in [2.75, 3.05) is 24.3 Å². The molecule has 1 aliphatic rings. The van der Waals surface area contributed by atoms with Gasteiger partial charge in [0, 0.05) is 24.3 Å². The average Bonchev–Trinajstić information content (AvgIpc) is 2.74. The summed E-state index contributed by atoms with van der Waals surface area (Å²) in [6.07, 6.45) is 0.195. The molecule has 5 heteroatoms. The van der Waals surface area contributed by atoms with Crippen molar-refractivity contribution in [3.8, 4) is 0 Å². The van der Waals surface area contributed by atoms with Crippen LogP contribution in [-0.2, 0) is 14.3 Å². The largest absolute Gasteiger partial charge is 0.469 e. The Bertz CT molecular complexity index is 499. The molecule has 1 aromatic rings. The maximum absolute atomic E-state index is 11.9. The van der Waals surface area contributed by atoms with E-state index in [-0.39, 0.29) is 24.2 Å². The quantitative estimate of drug-likeness (QED) is 0.628. The maximum Gasteiger partial charge on any atom is 0.311 e. The average molecular weight is 248 g/mol. The summed E-state index contributed by atoms with van der Waals surface area (Å²) in [6, 6.07) is 5.46. The summed E-state index contributed by atoms with van der Waals surface area (Å²) in [5.74, 6) is -0.801. The van der Waals surface area contributed by atoms with E-state index in [1.807, 2.05) is 19.1 Å². The summed E-state index contributed by atoms with van der Waals surface area (Å²) in [7, 11) is 1.33. The van der Waals surface area contributed by atoms with Crippen LogP contribution in [0.4, 0.5) is 11.4 Å². The number of carbonyl (C=O) groups is 2. The van der Waals surface area contributed by atoms with Crippen LogP contribution < -0.4 is 10.6 Å². The third-order valence-electron chi connectivity index (χ3n) is 3.23. The fourth-order valence-electron chi connectivity index (χ4n) is 2.08. The van der Waals surface area contributed by atoms with E-state index in [2.05, 4.69) is 4.74 Å². The van der Waals surface area contributed by atoms with Crippen LogP contribution in [0.25, 0.3) is 0 Å². The van der Waals surface area contributed by atoms with E-state index < -0.39 is 0 Å². The number of aryl methyl sites for hydroxylation is 1. The maximum atomic E-state index is 11.9. The first-order valence-corrected chi connectivity index (χ1v) is 5.77. The van der Waals surface area contributed by atoms with E-state index in [1.54, 1.807) is 11.0 Å². The molecule has 1 fully saturated rings. The van der Waals surface area contributed by atoms with Crippen molar-refractivity contribution in [2.24, 2.45) is 5.92 Å². The molecule has 0 bridgehead atoms. The van der Waals surface area contributed by atoms with Crippen molar-refractivity contribution < 1.29 is 14.3 Å². The lowest BCUT2D eigenvalue weighted by Crippen LogP contribution is -2.26. The Morgan fingerprint density at radius 1 is 1.50 bits per heavy atom. The predicted molar refractivity (Wildman–Crippen MR) is 68.1 cm³/mol. The summed E-state index contributed by atoms with van der Waals surface area (Å²) in [5, 5.41) is 0. The van der Waals surface area contributed by atoms with Gasteiger partial charge in [-0.05, 0) is 24.6 Å². The van der Waals surface area contributed by atoms with Gasteiger partial charge in [-0.1, -0.05) is 6.07 Å². The number of benzene rings is 1. The number of hydrogen-bond donors (Lipinski definition) is 1. The van der Waals surface area contributed by atoms with Gasteiger partial charge in [0.1, 0.15) is 0 Å². The number of nitrogens with two attached hydrogens (primary N) is 1. The lowest BCUT2D eigenvalue weighted by atomic mass is 10.1. The smallest absolute Gasteiger partial charge is 0.311 e. The van der Waals surface area contributed by atoms with Gasteiger partial charge in [0.15, 0.2) is 0 Å². The van der Waals surface area contributed by atoms with Gasteiger partial charge < -0.3 is 15.4 Å². The van der Waals surface area contributed by atoms with Gasteiger partial charge in [0.2, 0.25) is 5.91 Å². The molecule has 18 heavy (non-hydrogen) atoms. The zero-order valence-corrected chi connectivity index (χ0v) is 10.5. The first-order chi connectivity index (χ1) is 8.52. The molecule has 2 N–H and O–H groups in total. The molecule has 1 aromatic carbocycles. The molecule has 1 aliphatic heterocycles. The topological polar surface area (TPSA) is 72.6 Å². The molecule has 0 aliphatic carbocycles. The monoisotopic (exact) mass is 248 g/mol. The number of anilines is 2. The van der Waals surface area contributed by atoms with Crippen LogP contribution in [0.5, 0.6) is 0 Å². The van der Waals surface area contributed by atoms with Gasteiger partial charge in [-0.2, -0.15) is 0 Å². The Morgan fingerprint density at radius 3 is 2.83 bits per heavy atom. The fraction of sp³-hybridized carbons (Fsp3) is 0.385. The molecule has 1 atom stereocenters. The minimum Gasteiger partial charge on any atom is -0.469 e. The van der Waals surface area contributed by atoms with E-state index in [0.29, 0.717) is 12.2 Å². The first kappa shape index (κ1) is 12.4. The van der Waals surface area contributed by atoms with E-state index in [9.17, 15) is 9.59 Å². The number of methoxy groups -OCH3 is 1. The van der Waals surface area contributed by atoms with E-state index in [4.69, 9.17) is 5.73 Å². The summed E-state index contributed by atoms with van der Waals surface area (Å²) < 4.78 is 4.67. The summed E-state index contributed by atoms with van der Waals surface area (Å²) in [6.45, 7) is 2.26. The second-order valence-electron chi connectivity index (χ2n) is 4.47. The van der Waals surface area contributed by atoms with Gasteiger partial charge in [0.25, 0.3) is 0 Å². The lowest BCUT2D eigenvalue weighted by Gasteiger charge is -2.17. The number of nitrogens with zero attached hydrogens (tertiary/aromatic N) is 1. The molecule has 0 aromatic heterocycles. The molecule has 96 valence electrons. The van der Waals surface area contributed by atoms with Crippen LogP contribution >= 0.6 is 0 Å². The second kappa shape index (κ2) is 4.68. The Hall–Kier alpha value is -2.04. The Kier molecular flexibility index (Phi) is 3.23. The number of amides is 1. The van der Waals surface area contributed by atoms with Gasteiger partial charge in [0.05, 0.1) is 13.0 Å². The minimum atomic E-state index is -0.384. The molecule has 2 rings (SSSR count). The first-order valence-electron chi connectivity index (χ1n) is 5.77. The number of esters is 1. The summed E-state index contributed by atoms with van der Waals surface area (Å²) in [4.78, 5) is 24.9. The molecular formula is C13H16N2O3. The van der Waals surface area contributed by atoms with E-state index in [1.165, 1.54) is 7.11 Å². The van der Waals surface area contributed by atoms with Crippen LogP contribution in [0, 0.1) is 12.8 Å². The van der Waals surface area contributed by atoms with Crippen molar-refractivity contribution >= 4 is 23.3 Å². The minimum absolute atomic E-state index is 0.0753. The van der Waals surface area contributed by atoms with Crippen LogP contribution in [0.1, 0.15) is 12.0 Å². The molecular weight excluding hydrogens is 232 g/mol. The highest BCUT2D eigenvalue weighted by molar-refractivity contribution is 5.99. The van der Waals surface area contributed by atoms with Crippen LogP contribution in [0.3, 0.4) is 0 Å². The van der Waals surface area contributed by atoms with Crippen LogP contribution in [0.2, 0.25) is 0 Å². The van der Waals surface area contributed by atoms with Crippen molar-refractivity contribution in [2.45, 2.75) is 13.3 Å². The molecule has 1 saturated heterocycles. The highest BCUT2D eigenvalue weighted by Gasteiger charge is 2.35. The summed E-state index contributed by atoms with van der Waals surface area (Å²) >= 11 is 0. The van der Waals surface area contributed by atoms with Crippen molar-refractivity contribution in [1.29, 1.82) is 0 Å². The second-order valence-corrected chi connectivity index (χ2v) is 4.47. The number of carbonyl (C=O) groups excluding carboxylic acids is 2. The third-order valence-corrected chi connectivity index (χ3v) is 3.23. The number of nitrogen functional groups attached to an aromatic ring is 1. The van der Waals surface area contributed by atoms with Crippen LogP contribution in [-0.4, -0.2) is 25.5 Å². The van der Waals surface area contributed by atoms with Gasteiger partial charge in [-0.15, -0.1) is 0 Å². The van der Waals surface area contributed by atoms with Gasteiger partial charge in [-0.3, -0.25) is 9.59 Å². The zero-order valence-electron chi connectivity index (χ0n) is 10.5. The Labute approximate surface area is 106 Å². The zero-order chi connectivity index (χ0) is 13.3. The lowest BCUT2D eigenvalue weighted by molar-refractivity contribution is -0.145. The third kappa shape index (κ3) is 2.16. The normalized spacial score (nSPS) is 19.1. The molecule has 1 amide bonds. The van der Waals surface area contributed by atoms with Crippen molar-refractivity contribution in [3.63, 3.8) is 0 Å². The standard InChI is InChI=1S/C13H16N2O3/c1-8-3-4-10(6-11(8)14)15-7-9(5-12(15)16)13(17)18-2/h3-4,6,9H,5,7,14H2,1-2H3/t9-/m1/s1.